The smallest absolute Gasteiger partial charge is 0.355 e. The third kappa shape index (κ3) is 3.20. The molecule has 100 valence electrons. The fraction of sp³-hybridized carbons (Fsp3) is 0.667. The van der Waals surface area contributed by atoms with Crippen LogP contribution in [0.4, 0.5) is 5.13 Å². The van der Waals surface area contributed by atoms with Crippen LogP contribution in [0.25, 0.3) is 0 Å². The van der Waals surface area contributed by atoms with Crippen LogP contribution in [0.1, 0.15) is 36.7 Å². The lowest BCUT2D eigenvalue weighted by atomic mass is 10.1. The number of hydrogen-bond acceptors (Lipinski definition) is 5. The molecular weight excluding hydrogens is 252 g/mol. The Bertz CT molecular complexity index is 408. The third-order valence-electron chi connectivity index (χ3n) is 2.92. The third-order valence-corrected chi connectivity index (χ3v) is 3.82. The van der Waals surface area contributed by atoms with Gasteiger partial charge in [-0.05, 0) is 19.3 Å². The van der Waals surface area contributed by atoms with Gasteiger partial charge in [-0.3, -0.25) is 0 Å². The summed E-state index contributed by atoms with van der Waals surface area (Å²) in [6.45, 7) is 4.63. The fourth-order valence-electron chi connectivity index (χ4n) is 2.04. The van der Waals surface area contributed by atoms with Crippen molar-refractivity contribution in [1.82, 2.24) is 4.98 Å². The summed E-state index contributed by atoms with van der Waals surface area (Å²) in [5.41, 5.74) is 0.131. The van der Waals surface area contributed by atoms with Crippen LogP contribution in [-0.4, -0.2) is 41.9 Å². The molecule has 1 fully saturated rings. The predicted molar refractivity (Wildman–Crippen MR) is 70.6 cm³/mol. The molecule has 1 aromatic heterocycles. The number of carboxylic acids is 1. The van der Waals surface area contributed by atoms with E-state index >= 15 is 0 Å². The van der Waals surface area contributed by atoms with Gasteiger partial charge in [-0.25, -0.2) is 9.78 Å². The highest BCUT2D eigenvalue weighted by Gasteiger charge is 2.23. The maximum Gasteiger partial charge on any atom is 0.355 e. The summed E-state index contributed by atoms with van der Waals surface area (Å²) in [7, 11) is 0. The van der Waals surface area contributed by atoms with Crippen molar-refractivity contribution in [3.8, 4) is 0 Å². The average molecular weight is 270 g/mol. The van der Waals surface area contributed by atoms with Crippen molar-refractivity contribution in [1.29, 1.82) is 0 Å². The van der Waals surface area contributed by atoms with Crippen molar-refractivity contribution in [3.05, 3.63) is 11.1 Å². The molecule has 1 atom stereocenters. The van der Waals surface area contributed by atoms with Gasteiger partial charge in [0.15, 0.2) is 10.8 Å². The van der Waals surface area contributed by atoms with Gasteiger partial charge in [-0.1, -0.05) is 6.92 Å². The van der Waals surface area contributed by atoms with E-state index in [0.29, 0.717) is 0 Å². The Morgan fingerprint density at radius 3 is 3.22 bits per heavy atom. The highest BCUT2D eigenvalue weighted by molar-refractivity contribution is 7.13. The zero-order valence-corrected chi connectivity index (χ0v) is 11.3. The van der Waals surface area contributed by atoms with E-state index in [1.807, 2.05) is 0 Å². The van der Waals surface area contributed by atoms with Crippen molar-refractivity contribution < 1.29 is 14.6 Å². The number of aromatic carboxylic acids is 1. The molecule has 1 N–H and O–H groups in total. The Morgan fingerprint density at radius 2 is 2.56 bits per heavy atom. The highest BCUT2D eigenvalue weighted by Crippen LogP contribution is 2.25. The Kier molecular flexibility index (Phi) is 4.54. The first-order valence-electron chi connectivity index (χ1n) is 6.26. The summed E-state index contributed by atoms with van der Waals surface area (Å²) in [6.07, 6.45) is 3.41. The second-order valence-corrected chi connectivity index (χ2v) is 5.24. The molecule has 18 heavy (non-hydrogen) atoms. The number of carbonyl (C=O) groups is 1. The van der Waals surface area contributed by atoms with E-state index in [1.54, 1.807) is 5.38 Å². The Morgan fingerprint density at radius 1 is 1.72 bits per heavy atom. The van der Waals surface area contributed by atoms with Gasteiger partial charge >= 0.3 is 5.97 Å². The quantitative estimate of drug-likeness (QED) is 0.889. The van der Waals surface area contributed by atoms with Gasteiger partial charge < -0.3 is 14.7 Å². The molecule has 2 heterocycles. The Hall–Kier alpha value is -1.14. The molecule has 1 aliphatic rings. The standard InChI is InChI=1S/C12H18N2O3S/c1-2-6-17-9-4-3-5-14(7-9)12-13-10(8-18-12)11(15)16/h8-9H,2-7H2,1H3,(H,15,16). The molecule has 0 aliphatic carbocycles. The molecule has 1 aromatic rings. The lowest BCUT2D eigenvalue weighted by Gasteiger charge is -2.32. The first kappa shape index (κ1) is 13.3. The summed E-state index contributed by atoms with van der Waals surface area (Å²) in [5.74, 6) is -0.965. The van der Waals surface area contributed by atoms with Gasteiger partial charge in [0.1, 0.15) is 0 Å². The monoisotopic (exact) mass is 270 g/mol. The van der Waals surface area contributed by atoms with E-state index in [0.717, 1.165) is 44.1 Å². The van der Waals surface area contributed by atoms with E-state index in [4.69, 9.17) is 9.84 Å². The van der Waals surface area contributed by atoms with Crippen LogP contribution in [-0.2, 0) is 4.74 Å². The van der Waals surface area contributed by atoms with Crippen molar-refractivity contribution in [2.24, 2.45) is 0 Å². The van der Waals surface area contributed by atoms with Crippen molar-refractivity contribution in [3.63, 3.8) is 0 Å². The molecule has 1 saturated heterocycles. The second kappa shape index (κ2) is 6.15. The molecule has 1 aliphatic heterocycles. The molecule has 0 saturated carbocycles. The molecule has 0 bridgehead atoms. The highest BCUT2D eigenvalue weighted by atomic mass is 32.1. The number of piperidine rings is 1. The summed E-state index contributed by atoms with van der Waals surface area (Å²) in [5, 5.41) is 11.2. The van der Waals surface area contributed by atoms with Gasteiger partial charge in [0.25, 0.3) is 0 Å². The molecule has 5 nitrogen and oxygen atoms in total. The normalized spacial score (nSPS) is 20.1. The number of aromatic nitrogens is 1. The van der Waals surface area contributed by atoms with Crippen LogP contribution in [0, 0.1) is 0 Å². The molecule has 2 rings (SSSR count). The number of hydrogen-bond donors (Lipinski definition) is 1. The van der Waals surface area contributed by atoms with Gasteiger partial charge in [0.05, 0.1) is 6.10 Å². The summed E-state index contributed by atoms with van der Waals surface area (Å²) < 4.78 is 5.76. The molecule has 6 heteroatoms. The predicted octanol–water partition coefficient (Wildman–Crippen LogP) is 2.24. The molecule has 1 unspecified atom stereocenters. The molecule has 0 spiro atoms. The van der Waals surface area contributed by atoms with E-state index in [2.05, 4.69) is 16.8 Å². The molecule has 0 aromatic carbocycles. The lowest BCUT2D eigenvalue weighted by molar-refractivity contribution is 0.0440. The number of anilines is 1. The van der Waals surface area contributed by atoms with Crippen LogP contribution in [0.15, 0.2) is 5.38 Å². The Labute approximate surface area is 110 Å². The largest absolute Gasteiger partial charge is 0.476 e. The second-order valence-electron chi connectivity index (χ2n) is 4.40. The molecular formula is C12H18N2O3S. The number of thiazole rings is 1. The van der Waals surface area contributed by atoms with Gasteiger partial charge in [0.2, 0.25) is 0 Å². The fourth-order valence-corrected chi connectivity index (χ4v) is 2.88. The molecule has 0 amide bonds. The van der Waals surface area contributed by atoms with Crippen LogP contribution < -0.4 is 4.90 Å². The van der Waals surface area contributed by atoms with Crippen LogP contribution in [0.5, 0.6) is 0 Å². The van der Waals surface area contributed by atoms with Crippen LogP contribution in [0.2, 0.25) is 0 Å². The minimum Gasteiger partial charge on any atom is -0.476 e. The lowest BCUT2D eigenvalue weighted by Crippen LogP contribution is -2.39. The molecule has 0 radical (unpaired) electrons. The summed E-state index contributed by atoms with van der Waals surface area (Å²) in [6, 6.07) is 0. The maximum atomic E-state index is 10.8. The van der Waals surface area contributed by atoms with Crippen LogP contribution in [0.3, 0.4) is 0 Å². The first-order valence-corrected chi connectivity index (χ1v) is 7.14. The number of carboxylic acid groups (broad SMARTS) is 1. The topological polar surface area (TPSA) is 62.7 Å². The first-order chi connectivity index (χ1) is 8.70. The van der Waals surface area contributed by atoms with Crippen LogP contribution >= 0.6 is 11.3 Å². The zero-order chi connectivity index (χ0) is 13.0. The summed E-state index contributed by atoms with van der Waals surface area (Å²) in [4.78, 5) is 17.1. The van der Waals surface area contributed by atoms with E-state index < -0.39 is 5.97 Å². The van der Waals surface area contributed by atoms with Crippen molar-refractivity contribution in [2.45, 2.75) is 32.3 Å². The minimum atomic E-state index is -0.965. The van der Waals surface area contributed by atoms with Gasteiger partial charge in [-0.2, -0.15) is 0 Å². The zero-order valence-electron chi connectivity index (χ0n) is 10.5. The van der Waals surface area contributed by atoms with E-state index in [-0.39, 0.29) is 11.8 Å². The van der Waals surface area contributed by atoms with Crippen molar-refractivity contribution in [2.75, 3.05) is 24.6 Å². The van der Waals surface area contributed by atoms with Gasteiger partial charge in [-0.15, -0.1) is 11.3 Å². The van der Waals surface area contributed by atoms with Crippen molar-refractivity contribution >= 4 is 22.4 Å². The number of rotatable bonds is 5. The van der Waals surface area contributed by atoms with Gasteiger partial charge in [0, 0.05) is 25.1 Å². The number of nitrogens with zero attached hydrogens (tertiary/aromatic N) is 2. The van der Waals surface area contributed by atoms with E-state index in [1.165, 1.54) is 11.3 Å². The number of ether oxygens (including phenoxy) is 1. The SMILES string of the molecule is CCCOC1CCCN(c2nc(C(=O)O)cs2)C1. The van der Waals surface area contributed by atoms with E-state index in [9.17, 15) is 4.79 Å². The summed E-state index contributed by atoms with van der Waals surface area (Å²) >= 11 is 1.39. The minimum absolute atomic E-state index is 0.131. The Balaban J connectivity index is 1.96. The maximum absolute atomic E-state index is 10.8. The average Bonchev–Trinajstić information content (AvgIpc) is 2.86.